The molecule has 0 saturated heterocycles. The molecule has 1 aliphatic carbocycles. The fourth-order valence-electron chi connectivity index (χ4n) is 5.77. The van der Waals surface area contributed by atoms with E-state index in [0.717, 1.165) is 72.2 Å². The molecule has 3 atom stereocenters. The molecular formula is C32H37FN2O4. The van der Waals surface area contributed by atoms with Crippen LogP contribution in [0.3, 0.4) is 0 Å². The summed E-state index contributed by atoms with van der Waals surface area (Å²) < 4.78 is 26.7. The lowest BCUT2D eigenvalue weighted by atomic mass is 9.82. The number of halogens is 1. The third-order valence-electron chi connectivity index (χ3n) is 8.14. The molecule has 0 unspecified atom stereocenters. The number of carboxylic acid groups (broad SMARTS) is 1. The van der Waals surface area contributed by atoms with Crippen LogP contribution in [0.1, 0.15) is 60.5 Å². The van der Waals surface area contributed by atoms with E-state index in [1.807, 2.05) is 33.2 Å². The maximum absolute atomic E-state index is 14.9. The van der Waals surface area contributed by atoms with Gasteiger partial charge in [0.25, 0.3) is 0 Å². The molecule has 3 aromatic rings. The highest BCUT2D eigenvalue weighted by atomic mass is 19.1. The minimum Gasteiger partial charge on any atom is -0.485 e. The average molecular weight is 533 g/mol. The predicted octanol–water partition coefficient (Wildman–Crippen LogP) is 6.28. The average Bonchev–Trinajstić information content (AvgIpc) is 3.77. The van der Waals surface area contributed by atoms with E-state index in [0.29, 0.717) is 17.4 Å². The molecule has 2 heterocycles. The van der Waals surface area contributed by atoms with E-state index in [1.54, 1.807) is 6.07 Å². The Hall–Kier alpha value is -3.45. The normalized spacial score (nSPS) is 18.3. The number of rotatable bonds is 10. The van der Waals surface area contributed by atoms with Crippen molar-refractivity contribution in [3.05, 3.63) is 76.7 Å². The molecule has 6 nitrogen and oxygen atoms in total. The lowest BCUT2D eigenvalue weighted by Gasteiger charge is -2.29. The van der Waals surface area contributed by atoms with Gasteiger partial charge in [0.2, 0.25) is 5.88 Å². The van der Waals surface area contributed by atoms with Crippen LogP contribution in [0.5, 0.6) is 11.6 Å². The van der Waals surface area contributed by atoms with Crippen molar-refractivity contribution in [1.82, 2.24) is 9.88 Å². The summed E-state index contributed by atoms with van der Waals surface area (Å²) in [4.78, 5) is 17.9. The maximum Gasteiger partial charge on any atom is 0.306 e. The lowest BCUT2D eigenvalue weighted by Crippen LogP contribution is -2.21. The number of pyridine rings is 1. The smallest absolute Gasteiger partial charge is 0.306 e. The van der Waals surface area contributed by atoms with E-state index < -0.39 is 11.9 Å². The molecule has 1 aromatic heterocycles. The Kier molecular flexibility index (Phi) is 7.89. The van der Waals surface area contributed by atoms with Crippen molar-refractivity contribution in [3.63, 3.8) is 0 Å². The first-order chi connectivity index (χ1) is 18.7. The molecule has 0 spiro atoms. The molecule has 1 fully saturated rings. The fraction of sp³-hybridized carbons (Fsp3) is 0.438. The number of aryl methyl sites for hydroxylation is 1. The number of aromatic nitrogens is 1. The largest absolute Gasteiger partial charge is 0.485 e. The summed E-state index contributed by atoms with van der Waals surface area (Å²) in [5.41, 5.74) is 5.61. The summed E-state index contributed by atoms with van der Waals surface area (Å²) in [6.07, 6.45) is 5.71. The van der Waals surface area contributed by atoms with E-state index in [-0.39, 0.29) is 17.8 Å². The zero-order chi connectivity index (χ0) is 27.7. The predicted molar refractivity (Wildman–Crippen MR) is 149 cm³/mol. The summed E-state index contributed by atoms with van der Waals surface area (Å²) >= 11 is 0. The van der Waals surface area contributed by atoms with Gasteiger partial charge in [-0.1, -0.05) is 37.3 Å². The van der Waals surface area contributed by atoms with Crippen LogP contribution in [0.4, 0.5) is 4.39 Å². The summed E-state index contributed by atoms with van der Waals surface area (Å²) in [6.45, 7) is 2.63. The van der Waals surface area contributed by atoms with Crippen molar-refractivity contribution < 1.29 is 23.8 Å². The quantitative estimate of drug-likeness (QED) is 0.331. The van der Waals surface area contributed by atoms with Gasteiger partial charge < -0.3 is 19.5 Å². The molecule has 39 heavy (non-hydrogen) atoms. The fourth-order valence-corrected chi connectivity index (χ4v) is 5.77. The van der Waals surface area contributed by atoms with E-state index >= 15 is 0 Å². The molecule has 1 N–H and O–H groups in total. The molecule has 1 aliphatic heterocycles. The van der Waals surface area contributed by atoms with Crippen LogP contribution >= 0.6 is 0 Å². The minimum atomic E-state index is -0.753. The van der Waals surface area contributed by atoms with E-state index in [1.165, 1.54) is 13.3 Å². The van der Waals surface area contributed by atoms with Gasteiger partial charge in [0.1, 0.15) is 17.7 Å². The van der Waals surface area contributed by atoms with Gasteiger partial charge in [-0.25, -0.2) is 9.37 Å². The first kappa shape index (κ1) is 27.1. The molecule has 0 bridgehead atoms. The number of aliphatic carboxylic acids is 1. The molecular weight excluding hydrogens is 495 g/mol. The van der Waals surface area contributed by atoms with Crippen LogP contribution < -0.4 is 9.47 Å². The third-order valence-corrected chi connectivity index (χ3v) is 8.14. The van der Waals surface area contributed by atoms with Gasteiger partial charge in [-0.15, -0.1) is 0 Å². The first-order valence-corrected chi connectivity index (χ1v) is 13.7. The van der Waals surface area contributed by atoms with Crippen LogP contribution in [0.15, 0.2) is 48.7 Å². The second kappa shape index (κ2) is 11.3. The molecule has 1 saturated carbocycles. The molecule has 2 aromatic carbocycles. The summed E-state index contributed by atoms with van der Waals surface area (Å²) in [6, 6.07) is 14.1. The van der Waals surface area contributed by atoms with Gasteiger partial charge >= 0.3 is 5.97 Å². The van der Waals surface area contributed by atoms with Crippen molar-refractivity contribution in [2.24, 2.45) is 11.8 Å². The molecule has 0 radical (unpaired) electrons. The van der Waals surface area contributed by atoms with Crippen LogP contribution in [-0.2, 0) is 17.6 Å². The number of hydrogen-bond acceptors (Lipinski definition) is 5. The third kappa shape index (κ3) is 5.93. The number of benzene rings is 2. The van der Waals surface area contributed by atoms with Crippen LogP contribution in [0, 0.1) is 17.7 Å². The number of ether oxygens (including phenoxy) is 2. The van der Waals surface area contributed by atoms with Crippen molar-refractivity contribution in [2.75, 3.05) is 27.7 Å². The Morgan fingerprint density at radius 2 is 1.95 bits per heavy atom. The SMILES string of the molecule is COc1cc(-c2ccc([C@H]3CCc4ccc([C@H](C5CC5)[C@H](C)C(=O)O)cc4O3)cc2CCN(C)C)c(F)cn1. The van der Waals surface area contributed by atoms with Crippen molar-refractivity contribution in [1.29, 1.82) is 0 Å². The van der Waals surface area contributed by atoms with Crippen LogP contribution in [0.25, 0.3) is 11.1 Å². The standard InChI is InChI=1S/C32H37FN2O4/c1-19(32(36)37)31(21-6-7-21)24-8-5-20-10-12-28(39-29(20)16-24)23-9-11-25(22(15-23)13-14-35(2)3)26-17-30(38-4)34-18-27(26)33/h5,8-9,11,15-19,21,28,31H,6-7,10,12-14H2,1-4H3,(H,36,37)/t19-,28+,31-/m0/s1. The number of nitrogens with zero attached hydrogens (tertiary/aromatic N) is 2. The minimum absolute atomic E-state index is 0.000876. The van der Waals surface area contributed by atoms with Crippen LogP contribution in [-0.4, -0.2) is 48.7 Å². The zero-order valence-electron chi connectivity index (χ0n) is 23.1. The molecule has 5 rings (SSSR count). The number of likely N-dealkylation sites (N-methyl/N-ethyl adjacent to an activating group) is 1. The Bertz CT molecular complexity index is 1350. The highest BCUT2D eigenvalue weighted by Crippen LogP contribution is 2.48. The van der Waals surface area contributed by atoms with Gasteiger partial charge in [-0.05, 0) is 91.9 Å². The van der Waals surface area contributed by atoms with Crippen LogP contribution in [0.2, 0.25) is 0 Å². The number of carbonyl (C=O) groups is 1. The lowest BCUT2D eigenvalue weighted by molar-refractivity contribution is -0.142. The van der Waals surface area contributed by atoms with Gasteiger partial charge in [-0.3, -0.25) is 4.79 Å². The van der Waals surface area contributed by atoms with E-state index in [4.69, 9.17) is 9.47 Å². The van der Waals surface area contributed by atoms with Gasteiger partial charge in [0, 0.05) is 18.2 Å². The molecule has 2 aliphatic rings. The van der Waals surface area contributed by atoms with E-state index in [2.05, 4.69) is 34.1 Å². The molecule has 206 valence electrons. The van der Waals surface area contributed by atoms with E-state index in [9.17, 15) is 14.3 Å². The zero-order valence-corrected chi connectivity index (χ0v) is 23.1. The first-order valence-electron chi connectivity index (χ1n) is 13.7. The Morgan fingerprint density at radius 1 is 1.15 bits per heavy atom. The Morgan fingerprint density at radius 3 is 2.64 bits per heavy atom. The van der Waals surface area contributed by atoms with Crippen molar-refractivity contribution in [2.45, 2.75) is 51.0 Å². The summed E-state index contributed by atoms with van der Waals surface area (Å²) in [7, 11) is 5.58. The van der Waals surface area contributed by atoms with Gasteiger partial charge in [-0.2, -0.15) is 0 Å². The van der Waals surface area contributed by atoms with Crippen molar-refractivity contribution in [3.8, 4) is 22.8 Å². The maximum atomic E-state index is 14.9. The molecule has 7 heteroatoms. The number of carboxylic acids is 1. The summed E-state index contributed by atoms with van der Waals surface area (Å²) in [5, 5.41) is 9.71. The van der Waals surface area contributed by atoms with Crippen molar-refractivity contribution >= 4 is 5.97 Å². The second-order valence-corrected chi connectivity index (χ2v) is 11.2. The Labute approximate surface area is 229 Å². The number of methoxy groups -OCH3 is 1. The van der Waals surface area contributed by atoms with Gasteiger partial charge in [0.05, 0.1) is 19.2 Å². The number of fused-ring (bicyclic) bond motifs is 1. The summed E-state index contributed by atoms with van der Waals surface area (Å²) in [5.74, 6) is 0.0693. The second-order valence-electron chi connectivity index (χ2n) is 11.2. The van der Waals surface area contributed by atoms with Gasteiger partial charge in [0.15, 0.2) is 0 Å². The molecule has 0 amide bonds. The highest BCUT2D eigenvalue weighted by Gasteiger charge is 2.39. The topological polar surface area (TPSA) is 71.9 Å². The Balaban J connectivity index is 1.45. The number of hydrogen-bond donors (Lipinski definition) is 1. The monoisotopic (exact) mass is 532 g/mol. The highest BCUT2D eigenvalue weighted by molar-refractivity contribution is 5.71.